The molecule has 0 spiro atoms. The molecule has 0 radical (unpaired) electrons. The first-order valence-corrected chi connectivity index (χ1v) is 9.69. The van der Waals surface area contributed by atoms with Gasteiger partial charge in [-0.3, -0.25) is 4.79 Å². The second-order valence-corrected chi connectivity index (χ2v) is 7.42. The first-order chi connectivity index (χ1) is 9.89. The molecule has 0 saturated carbocycles. The Bertz CT molecular complexity index is 323. The molecule has 0 aliphatic heterocycles. The summed E-state index contributed by atoms with van der Waals surface area (Å²) in [6.07, 6.45) is 11.7. The van der Waals surface area contributed by atoms with Gasteiger partial charge in [-0.25, -0.2) is 0 Å². The van der Waals surface area contributed by atoms with E-state index >= 15 is 0 Å². The average molecular weight is 366 g/mol. The molecule has 126 valence electrons. The van der Waals surface area contributed by atoms with Crippen LogP contribution >= 0.6 is 7.60 Å². The zero-order chi connectivity index (χ0) is 16.1. The maximum Gasteiger partial charge on any atom is 1.00 e. The maximum atomic E-state index is 11.3. The Labute approximate surface area is 185 Å². The Kier molecular flexibility index (Phi) is 23.5. The Morgan fingerprint density at radius 2 is 1.30 bits per heavy atom. The van der Waals surface area contributed by atoms with Gasteiger partial charge in [0, 0.05) is 0 Å². The minimum absolute atomic E-state index is 0. The fourth-order valence-corrected chi connectivity index (χ4v) is 2.34. The van der Waals surface area contributed by atoms with Crippen LogP contribution in [0.1, 0.15) is 78.1 Å². The second-order valence-electron chi connectivity index (χ2n) is 5.57. The molecule has 0 aromatic heterocycles. The molecule has 0 rings (SSSR count). The number of carbonyl (C=O) groups is 1. The van der Waals surface area contributed by atoms with E-state index in [9.17, 15) is 19.1 Å². The summed E-state index contributed by atoms with van der Waals surface area (Å²) in [5.74, 6) is -0.931. The smallest absolute Gasteiger partial charge is 0.810 e. The number of ether oxygens (including phenoxy) is 1. The van der Waals surface area contributed by atoms with Crippen LogP contribution in [0.15, 0.2) is 0 Å². The van der Waals surface area contributed by atoms with E-state index in [1.165, 1.54) is 44.9 Å². The van der Waals surface area contributed by atoms with Gasteiger partial charge in [0.2, 0.25) is 0 Å². The second kappa shape index (κ2) is 18.4. The van der Waals surface area contributed by atoms with Crippen molar-refractivity contribution in [3.8, 4) is 0 Å². The van der Waals surface area contributed by atoms with Crippen LogP contribution in [0.3, 0.4) is 0 Å². The number of unbranched alkanes of at least 4 members (excludes halogenated alkanes) is 9. The predicted octanol–water partition coefficient (Wildman–Crippen LogP) is -3.24. The van der Waals surface area contributed by atoms with E-state index in [2.05, 4.69) is 6.92 Å². The Hall–Kier alpha value is 1.62. The molecular weight excluding hydrogens is 337 g/mol. The van der Waals surface area contributed by atoms with Crippen molar-refractivity contribution in [2.45, 2.75) is 83.7 Å². The van der Waals surface area contributed by atoms with Crippen LogP contribution in [0.5, 0.6) is 0 Å². The van der Waals surface area contributed by atoms with Crippen LogP contribution in [0.4, 0.5) is 0 Å². The first-order valence-electron chi connectivity index (χ1n) is 8.08. The summed E-state index contributed by atoms with van der Waals surface area (Å²) in [5.41, 5.74) is -1.58. The summed E-state index contributed by atoms with van der Waals surface area (Å²) in [6.45, 7) is 3.47. The zero-order valence-electron chi connectivity index (χ0n) is 15.3. The summed E-state index contributed by atoms with van der Waals surface area (Å²) in [5, 5.41) is 0. The van der Waals surface area contributed by atoms with Gasteiger partial charge in [-0.05, 0) is 13.3 Å². The molecule has 0 aromatic carbocycles. The minimum Gasteiger partial charge on any atom is -0.810 e. The summed E-state index contributed by atoms with van der Waals surface area (Å²) < 4.78 is 15.4. The molecule has 8 heteroatoms. The normalized spacial score (nSPS) is 12.0. The van der Waals surface area contributed by atoms with Gasteiger partial charge in [-0.1, -0.05) is 72.3 Å². The van der Waals surface area contributed by atoms with Gasteiger partial charge < -0.3 is 19.1 Å². The predicted molar refractivity (Wildman–Crippen MR) is 79.9 cm³/mol. The van der Waals surface area contributed by atoms with Gasteiger partial charge in [0.05, 0.1) is 12.3 Å². The van der Waals surface area contributed by atoms with E-state index in [4.69, 9.17) is 4.74 Å². The van der Waals surface area contributed by atoms with E-state index < -0.39 is 19.2 Å². The van der Waals surface area contributed by atoms with Crippen LogP contribution in [0, 0.1) is 0 Å². The third kappa shape index (κ3) is 18.2. The van der Waals surface area contributed by atoms with Crippen molar-refractivity contribution in [1.29, 1.82) is 0 Å². The van der Waals surface area contributed by atoms with Crippen LogP contribution in [-0.4, -0.2) is 18.2 Å². The van der Waals surface area contributed by atoms with Crippen molar-refractivity contribution in [1.82, 2.24) is 0 Å². The van der Waals surface area contributed by atoms with Crippen molar-refractivity contribution in [2.24, 2.45) is 0 Å². The number of hydrogen-bond acceptors (Lipinski definition) is 5. The molecule has 23 heavy (non-hydrogen) atoms. The number of hydrogen-bond donors (Lipinski definition) is 0. The fourth-order valence-electron chi connectivity index (χ4n) is 2.01. The van der Waals surface area contributed by atoms with E-state index in [1.54, 1.807) is 0 Å². The van der Waals surface area contributed by atoms with Crippen molar-refractivity contribution in [3.63, 3.8) is 0 Å². The number of carbonyl (C=O) groups excluding carboxylic acids is 1. The number of esters is 1. The van der Waals surface area contributed by atoms with Crippen molar-refractivity contribution >= 4 is 13.6 Å². The quantitative estimate of drug-likeness (QED) is 0.148. The third-order valence-corrected chi connectivity index (χ3v) is 4.72. The standard InChI is InChI=1S/C15H31O5P.2Na/c1-3-4-5-6-7-8-9-10-11-12-13-20-15(16)14(2)21(17,18)19;;/h14H,3-13H2,1-2H3,(H2,17,18,19);;/q;2*+1/p-2. The average Bonchev–Trinajstić information content (AvgIpc) is 2.42. The number of rotatable bonds is 13. The SMILES string of the molecule is CCCCCCCCCCCCOC(=O)C(C)P(=O)([O-])[O-].[Na+].[Na+]. The van der Waals surface area contributed by atoms with Crippen LogP contribution in [0.25, 0.3) is 0 Å². The summed E-state index contributed by atoms with van der Waals surface area (Å²) in [6, 6.07) is 0. The molecule has 0 N–H and O–H groups in total. The molecule has 0 fully saturated rings. The summed E-state index contributed by atoms with van der Waals surface area (Å²) >= 11 is 0. The van der Waals surface area contributed by atoms with Gasteiger partial charge in [0.25, 0.3) is 0 Å². The Morgan fingerprint density at radius 3 is 1.70 bits per heavy atom. The van der Waals surface area contributed by atoms with Crippen LogP contribution < -0.4 is 68.9 Å². The molecule has 5 nitrogen and oxygen atoms in total. The van der Waals surface area contributed by atoms with Crippen molar-refractivity contribution in [2.75, 3.05) is 6.61 Å². The topological polar surface area (TPSA) is 89.5 Å². The molecule has 1 atom stereocenters. The monoisotopic (exact) mass is 366 g/mol. The molecule has 0 amide bonds. The fraction of sp³-hybridized carbons (Fsp3) is 0.933. The van der Waals surface area contributed by atoms with Crippen molar-refractivity contribution in [3.05, 3.63) is 0 Å². The van der Waals surface area contributed by atoms with Gasteiger partial charge in [0.15, 0.2) is 0 Å². The van der Waals surface area contributed by atoms with E-state index in [0.717, 1.165) is 26.2 Å². The molecule has 1 unspecified atom stereocenters. The third-order valence-electron chi connectivity index (χ3n) is 3.56. The molecule has 0 aromatic rings. The largest absolute Gasteiger partial charge is 1.00 e. The van der Waals surface area contributed by atoms with Gasteiger partial charge in [-0.2, -0.15) is 0 Å². The van der Waals surface area contributed by atoms with Crippen molar-refractivity contribution < 1.29 is 83.0 Å². The minimum atomic E-state index is -4.87. The molecule has 0 saturated heterocycles. The Morgan fingerprint density at radius 1 is 0.913 bits per heavy atom. The maximum absolute atomic E-state index is 11.3. The van der Waals surface area contributed by atoms with E-state index in [-0.39, 0.29) is 65.7 Å². The molecule has 0 heterocycles. The summed E-state index contributed by atoms with van der Waals surface area (Å²) in [7, 11) is -4.87. The van der Waals surface area contributed by atoms with E-state index in [0.29, 0.717) is 0 Å². The van der Waals surface area contributed by atoms with Crippen LogP contribution in [0.2, 0.25) is 0 Å². The molecule has 0 bridgehead atoms. The summed E-state index contributed by atoms with van der Waals surface area (Å²) in [4.78, 5) is 32.5. The van der Waals surface area contributed by atoms with E-state index in [1.807, 2.05) is 0 Å². The zero-order valence-corrected chi connectivity index (χ0v) is 20.2. The molecule has 0 aliphatic rings. The molecule has 0 aliphatic carbocycles. The van der Waals surface area contributed by atoms with Crippen LogP contribution in [-0.2, 0) is 14.1 Å². The van der Waals surface area contributed by atoms with Gasteiger partial charge >= 0.3 is 65.1 Å². The first kappa shape index (κ1) is 29.4. The molecular formula is C15H29Na2O5P. The Balaban J connectivity index is -0.00000200. The van der Waals surface area contributed by atoms with Gasteiger partial charge in [-0.15, -0.1) is 0 Å². The van der Waals surface area contributed by atoms with Gasteiger partial charge in [0.1, 0.15) is 0 Å².